The minimum Gasteiger partial charge on any atom is -0.374 e. The summed E-state index contributed by atoms with van der Waals surface area (Å²) in [5.74, 6) is 0.807. The van der Waals surface area contributed by atoms with E-state index in [0.717, 1.165) is 5.92 Å². The van der Waals surface area contributed by atoms with Crippen LogP contribution in [0.2, 0.25) is 0 Å². The molecule has 2 nitrogen and oxygen atoms in total. The molecule has 0 aromatic carbocycles. The van der Waals surface area contributed by atoms with E-state index in [1.54, 1.807) is 0 Å². The third kappa shape index (κ3) is 2.92. The number of ether oxygens (including phenoxy) is 1. The van der Waals surface area contributed by atoms with Gasteiger partial charge in [-0.25, -0.2) is 0 Å². The van der Waals surface area contributed by atoms with Crippen molar-refractivity contribution >= 4 is 0 Å². The summed E-state index contributed by atoms with van der Waals surface area (Å²) in [6.45, 7) is 11.9. The van der Waals surface area contributed by atoms with Crippen LogP contribution in [0.1, 0.15) is 73.1 Å². The van der Waals surface area contributed by atoms with E-state index in [0.29, 0.717) is 29.1 Å². The van der Waals surface area contributed by atoms with Crippen molar-refractivity contribution in [1.29, 1.82) is 0 Å². The molecule has 20 heavy (non-hydrogen) atoms. The molecule has 1 N–H and O–H groups in total. The van der Waals surface area contributed by atoms with E-state index in [2.05, 4.69) is 47.0 Å². The summed E-state index contributed by atoms with van der Waals surface area (Å²) in [4.78, 5) is 0. The highest BCUT2D eigenvalue weighted by Crippen LogP contribution is 2.51. The van der Waals surface area contributed by atoms with Crippen molar-refractivity contribution < 1.29 is 4.74 Å². The Hall–Kier alpha value is -0.0800. The second-order valence-corrected chi connectivity index (χ2v) is 8.18. The van der Waals surface area contributed by atoms with E-state index in [-0.39, 0.29) is 0 Å². The zero-order chi connectivity index (χ0) is 15.0. The third-order valence-electron chi connectivity index (χ3n) is 6.15. The predicted octanol–water partition coefficient (Wildman–Crippen LogP) is 4.38. The molecule has 4 atom stereocenters. The van der Waals surface area contributed by atoms with Gasteiger partial charge in [0, 0.05) is 11.5 Å². The Bertz CT molecular complexity index is 321. The summed E-state index contributed by atoms with van der Waals surface area (Å²) in [6, 6.07) is 0.650. The first-order valence-corrected chi connectivity index (χ1v) is 8.69. The summed E-state index contributed by atoms with van der Waals surface area (Å²) in [5.41, 5.74) is 0.829. The van der Waals surface area contributed by atoms with Crippen molar-refractivity contribution in [2.45, 2.75) is 91.4 Å². The maximum atomic E-state index is 6.62. The van der Waals surface area contributed by atoms with Crippen LogP contribution < -0.4 is 5.32 Å². The second kappa shape index (κ2) is 5.96. The SMILES string of the molecule is CCC1(CC)C(NC)CC1OC1CC(C)CC(C)(C)C1. The second-order valence-electron chi connectivity index (χ2n) is 8.18. The first-order chi connectivity index (χ1) is 9.36. The molecule has 0 radical (unpaired) electrons. The zero-order valence-electron chi connectivity index (χ0n) is 14.5. The molecule has 0 heterocycles. The smallest absolute Gasteiger partial charge is 0.0664 e. The predicted molar refractivity (Wildman–Crippen MR) is 85.9 cm³/mol. The lowest BCUT2D eigenvalue weighted by atomic mass is 9.58. The van der Waals surface area contributed by atoms with Crippen LogP contribution in [-0.2, 0) is 4.74 Å². The van der Waals surface area contributed by atoms with Crippen molar-refractivity contribution in [3.63, 3.8) is 0 Å². The molecule has 2 saturated carbocycles. The highest BCUT2D eigenvalue weighted by atomic mass is 16.5. The molecule has 0 aromatic heterocycles. The number of nitrogens with one attached hydrogen (secondary N) is 1. The minimum atomic E-state index is 0.375. The maximum absolute atomic E-state index is 6.62. The first kappa shape index (κ1) is 16.3. The molecule has 2 fully saturated rings. The molecule has 2 heteroatoms. The number of rotatable bonds is 5. The fraction of sp³-hybridized carbons (Fsp3) is 1.00. The lowest BCUT2D eigenvalue weighted by molar-refractivity contribution is -0.181. The topological polar surface area (TPSA) is 21.3 Å². The van der Waals surface area contributed by atoms with Crippen LogP contribution in [0.3, 0.4) is 0 Å². The quantitative estimate of drug-likeness (QED) is 0.807. The van der Waals surface area contributed by atoms with Crippen molar-refractivity contribution in [1.82, 2.24) is 5.32 Å². The maximum Gasteiger partial charge on any atom is 0.0664 e. The molecular formula is C18H35NO. The van der Waals surface area contributed by atoms with Gasteiger partial charge in [-0.05, 0) is 56.9 Å². The van der Waals surface area contributed by atoms with Gasteiger partial charge in [-0.15, -0.1) is 0 Å². The first-order valence-electron chi connectivity index (χ1n) is 8.69. The van der Waals surface area contributed by atoms with Crippen LogP contribution in [0.25, 0.3) is 0 Å². The minimum absolute atomic E-state index is 0.375. The molecule has 0 amide bonds. The van der Waals surface area contributed by atoms with E-state index >= 15 is 0 Å². The van der Waals surface area contributed by atoms with E-state index in [9.17, 15) is 0 Å². The molecule has 0 bridgehead atoms. The molecule has 118 valence electrons. The average molecular weight is 281 g/mol. The van der Waals surface area contributed by atoms with Gasteiger partial charge in [0.2, 0.25) is 0 Å². The molecule has 0 saturated heterocycles. The lowest BCUT2D eigenvalue weighted by Crippen LogP contribution is -2.63. The Morgan fingerprint density at radius 1 is 1.10 bits per heavy atom. The fourth-order valence-corrected chi connectivity index (χ4v) is 5.14. The van der Waals surface area contributed by atoms with E-state index < -0.39 is 0 Å². The molecule has 2 aliphatic rings. The van der Waals surface area contributed by atoms with Gasteiger partial charge in [0.25, 0.3) is 0 Å². The van der Waals surface area contributed by atoms with Gasteiger partial charge in [-0.1, -0.05) is 34.6 Å². The van der Waals surface area contributed by atoms with Crippen LogP contribution in [0.5, 0.6) is 0 Å². The molecule has 2 aliphatic carbocycles. The highest BCUT2D eigenvalue weighted by Gasteiger charge is 2.53. The highest BCUT2D eigenvalue weighted by molar-refractivity contribution is 5.06. The van der Waals surface area contributed by atoms with Gasteiger partial charge in [0.1, 0.15) is 0 Å². The monoisotopic (exact) mass is 281 g/mol. The van der Waals surface area contributed by atoms with Gasteiger partial charge in [0.15, 0.2) is 0 Å². The van der Waals surface area contributed by atoms with E-state index in [1.165, 1.54) is 38.5 Å². The fourth-order valence-electron chi connectivity index (χ4n) is 5.14. The Morgan fingerprint density at radius 2 is 1.75 bits per heavy atom. The van der Waals surface area contributed by atoms with Gasteiger partial charge in [0.05, 0.1) is 12.2 Å². The third-order valence-corrected chi connectivity index (χ3v) is 6.15. The molecule has 0 spiro atoms. The van der Waals surface area contributed by atoms with Crippen LogP contribution in [0, 0.1) is 16.7 Å². The normalized spacial score (nSPS) is 39.3. The molecule has 2 rings (SSSR count). The summed E-state index contributed by atoms with van der Waals surface area (Å²) in [5, 5.41) is 3.51. The molecule has 0 aromatic rings. The van der Waals surface area contributed by atoms with Crippen molar-refractivity contribution in [2.24, 2.45) is 16.7 Å². The van der Waals surface area contributed by atoms with Crippen LogP contribution in [-0.4, -0.2) is 25.3 Å². The van der Waals surface area contributed by atoms with E-state index in [1.807, 2.05) is 0 Å². The molecular weight excluding hydrogens is 246 g/mol. The van der Waals surface area contributed by atoms with Gasteiger partial charge in [-0.3, -0.25) is 0 Å². The zero-order valence-corrected chi connectivity index (χ0v) is 14.5. The lowest BCUT2D eigenvalue weighted by Gasteiger charge is -2.57. The van der Waals surface area contributed by atoms with Crippen LogP contribution in [0.4, 0.5) is 0 Å². The summed E-state index contributed by atoms with van der Waals surface area (Å²) < 4.78 is 6.62. The Balaban J connectivity index is 1.99. The van der Waals surface area contributed by atoms with E-state index in [4.69, 9.17) is 4.74 Å². The number of hydrogen-bond donors (Lipinski definition) is 1. The van der Waals surface area contributed by atoms with Gasteiger partial charge >= 0.3 is 0 Å². The largest absolute Gasteiger partial charge is 0.374 e. The Kier molecular flexibility index (Phi) is 4.86. The summed E-state index contributed by atoms with van der Waals surface area (Å²) in [6.07, 6.45) is 8.45. The molecule has 4 unspecified atom stereocenters. The summed E-state index contributed by atoms with van der Waals surface area (Å²) >= 11 is 0. The Labute approximate surface area is 126 Å². The van der Waals surface area contributed by atoms with Crippen molar-refractivity contribution in [3.8, 4) is 0 Å². The van der Waals surface area contributed by atoms with Crippen LogP contribution >= 0.6 is 0 Å². The van der Waals surface area contributed by atoms with Crippen molar-refractivity contribution in [3.05, 3.63) is 0 Å². The van der Waals surface area contributed by atoms with Crippen LogP contribution in [0.15, 0.2) is 0 Å². The van der Waals surface area contributed by atoms with Crippen molar-refractivity contribution in [2.75, 3.05) is 7.05 Å². The standard InChI is InChI=1S/C18H35NO/c1-7-18(8-2)15(19-6)10-16(18)20-14-9-13(3)11-17(4,5)12-14/h13-16,19H,7-12H2,1-6H3. The summed E-state index contributed by atoms with van der Waals surface area (Å²) in [7, 11) is 2.10. The van der Waals surface area contributed by atoms with Gasteiger partial charge in [-0.2, -0.15) is 0 Å². The average Bonchev–Trinajstić information content (AvgIpc) is 2.33. The number of hydrogen-bond acceptors (Lipinski definition) is 2. The molecule has 0 aliphatic heterocycles. The van der Waals surface area contributed by atoms with Gasteiger partial charge < -0.3 is 10.1 Å². The Morgan fingerprint density at radius 3 is 2.25 bits per heavy atom.